The van der Waals surface area contributed by atoms with Crippen molar-refractivity contribution in [1.29, 1.82) is 0 Å². The number of carbonyl (C=O) groups is 1. The van der Waals surface area contributed by atoms with Gasteiger partial charge in [0.2, 0.25) is 0 Å². The van der Waals surface area contributed by atoms with Crippen LogP contribution >= 0.6 is 35.7 Å². The fraction of sp³-hybridized carbons (Fsp3) is 0.158. The lowest BCUT2D eigenvalue weighted by molar-refractivity contribution is -0.384. The molecular weight excluding hydrogens is 400 g/mol. The minimum Gasteiger partial charge on any atom is -0.293 e. The predicted molar refractivity (Wildman–Crippen MR) is 114 cm³/mol. The molecule has 2 aromatic rings. The van der Waals surface area contributed by atoms with Crippen LogP contribution in [0.1, 0.15) is 18.1 Å². The van der Waals surface area contributed by atoms with Crippen LogP contribution in [0.15, 0.2) is 57.2 Å². The van der Waals surface area contributed by atoms with Crippen molar-refractivity contribution in [3.05, 3.63) is 68.6 Å². The molecule has 0 unspecified atom stereocenters. The zero-order valence-corrected chi connectivity index (χ0v) is 17.1. The molecule has 0 aromatic heterocycles. The highest BCUT2D eigenvalue weighted by atomic mass is 32.2. The first-order chi connectivity index (χ1) is 12.9. The zero-order valence-electron chi connectivity index (χ0n) is 14.7. The lowest BCUT2D eigenvalue weighted by Crippen LogP contribution is -2.27. The fourth-order valence-corrected chi connectivity index (χ4v) is 4.78. The van der Waals surface area contributed by atoms with Crippen LogP contribution in [0.25, 0.3) is 6.08 Å². The van der Waals surface area contributed by atoms with Crippen molar-refractivity contribution in [3.63, 3.8) is 0 Å². The van der Waals surface area contributed by atoms with E-state index in [2.05, 4.69) is 0 Å². The number of aryl methyl sites for hydroxylation is 1. The summed E-state index contributed by atoms with van der Waals surface area (Å²) in [6.07, 6.45) is 1.69. The van der Waals surface area contributed by atoms with E-state index in [9.17, 15) is 14.9 Å². The van der Waals surface area contributed by atoms with E-state index in [4.69, 9.17) is 12.2 Å². The van der Waals surface area contributed by atoms with Crippen LogP contribution in [0.2, 0.25) is 0 Å². The molecule has 1 aliphatic heterocycles. The van der Waals surface area contributed by atoms with Crippen LogP contribution in [0.5, 0.6) is 0 Å². The highest BCUT2D eigenvalue weighted by molar-refractivity contribution is 8.26. The van der Waals surface area contributed by atoms with Crippen molar-refractivity contribution in [3.8, 4) is 0 Å². The van der Waals surface area contributed by atoms with Crippen LogP contribution in [-0.2, 0) is 4.79 Å². The van der Waals surface area contributed by atoms with Crippen LogP contribution in [0.3, 0.4) is 0 Å². The van der Waals surface area contributed by atoms with Gasteiger partial charge in [0.05, 0.1) is 9.83 Å². The maximum absolute atomic E-state index is 12.5. The third-order valence-electron chi connectivity index (χ3n) is 3.93. The van der Waals surface area contributed by atoms with Crippen molar-refractivity contribution in [2.24, 2.45) is 0 Å². The fourth-order valence-electron chi connectivity index (χ4n) is 2.50. The lowest BCUT2D eigenvalue weighted by atomic mass is 10.2. The summed E-state index contributed by atoms with van der Waals surface area (Å²) < 4.78 is 0.506. The van der Waals surface area contributed by atoms with Crippen molar-refractivity contribution < 1.29 is 9.72 Å². The minimum absolute atomic E-state index is 0.0134. The average molecular weight is 417 g/mol. The van der Waals surface area contributed by atoms with E-state index in [0.29, 0.717) is 21.3 Å². The number of nitrogens with zero attached hydrogens (tertiary/aromatic N) is 2. The maximum atomic E-state index is 12.5. The van der Waals surface area contributed by atoms with E-state index in [1.54, 1.807) is 12.1 Å². The Balaban J connectivity index is 2.01. The highest BCUT2D eigenvalue weighted by Crippen LogP contribution is 2.37. The topological polar surface area (TPSA) is 63.5 Å². The molecule has 5 nitrogen and oxygen atoms in total. The van der Waals surface area contributed by atoms with Gasteiger partial charge < -0.3 is 0 Å². The van der Waals surface area contributed by atoms with Crippen LogP contribution < -0.4 is 0 Å². The number of thioether (sulfide) groups is 1. The number of hydrogen-bond acceptors (Lipinski definition) is 6. The second kappa shape index (κ2) is 8.24. The molecule has 0 N–H and O–H groups in total. The molecule has 27 heavy (non-hydrogen) atoms. The summed E-state index contributed by atoms with van der Waals surface area (Å²) >= 11 is 7.96. The summed E-state index contributed by atoms with van der Waals surface area (Å²) in [6, 6.07) is 12.7. The van der Waals surface area contributed by atoms with E-state index < -0.39 is 4.92 Å². The van der Waals surface area contributed by atoms with Gasteiger partial charge in [-0.05, 0) is 43.7 Å². The van der Waals surface area contributed by atoms with Gasteiger partial charge >= 0.3 is 0 Å². The van der Waals surface area contributed by atoms with Gasteiger partial charge in [-0.15, -0.1) is 0 Å². The third kappa shape index (κ3) is 4.40. The normalized spacial score (nSPS) is 15.6. The first-order valence-electron chi connectivity index (χ1n) is 8.17. The van der Waals surface area contributed by atoms with Gasteiger partial charge in [0, 0.05) is 28.5 Å². The first kappa shape index (κ1) is 19.6. The van der Waals surface area contributed by atoms with Crippen molar-refractivity contribution in [2.45, 2.75) is 23.6 Å². The molecule has 0 radical (unpaired) electrons. The Bertz CT molecular complexity index is 955. The Morgan fingerprint density at radius 3 is 2.56 bits per heavy atom. The average Bonchev–Trinajstić information content (AvgIpc) is 2.91. The number of benzene rings is 2. The molecule has 0 atom stereocenters. The molecule has 0 spiro atoms. The molecule has 138 valence electrons. The molecular formula is C19H16N2O3S3. The number of nitro groups is 1. The van der Waals surface area contributed by atoms with Gasteiger partial charge in [-0.3, -0.25) is 19.8 Å². The molecule has 1 aliphatic rings. The van der Waals surface area contributed by atoms with Gasteiger partial charge in [0.15, 0.2) is 0 Å². The van der Waals surface area contributed by atoms with Gasteiger partial charge in [0.25, 0.3) is 11.6 Å². The number of non-ortho nitro benzene ring substituents is 1. The van der Waals surface area contributed by atoms with Gasteiger partial charge in [0.1, 0.15) is 4.32 Å². The molecule has 0 aliphatic carbocycles. The molecule has 1 heterocycles. The molecule has 0 saturated carbocycles. The quantitative estimate of drug-likeness (QED) is 0.286. The number of likely N-dealkylation sites (N-methyl/N-ethyl adjacent to an activating group) is 1. The second-order valence-electron chi connectivity index (χ2n) is 5.82. The summed E-state index contributed by atoms with van der Waals surface area (Å²) in [5, 5.41) is 11.2. The Labute approximate surface area is 171 Å². The number of rotatable bonds is 5. The Morgan fingerprint density at radius 1 is 1.26 bits per heavy atom. The van der Waals surface area contributed by atoms with E-state index in [1.807, 2.05) is 38.1 Å². The first-order valence-corrected chi connectivity index (χ1v) is 10.2. The molecule has 1 amide bonds. The third-order valence-corrected chi connectivity index (χ3v) is 6.41. The minimum atomic E-state index is -0.436. The number of thiocarbonyl (C=S) groups is 1. The number of hydrogen-bond donors (Lipinski definition) is 0. The monoisotopic (exact) mass is 416 g/mol. The predicted octanol–water partition coefficient (Wildman–Crippen LogP) is 5.28. The zero-order chi connectivity index (χ0) is 19.6. The summed E-state index contributed by atoms with van der Waals surface area (Å²) in [6.45, 7) is 4.38. The lowest BCUT2D eigenvalue weighted by Gasteiger charge is -2.10. The molecule has 1 fully saturated rings. The Hall–Kier alpha value is -2.16. The number of carbonyl (C=O) groups excluding carboxylic acids is 1. The Kier molecular flexibility index (Phi) is 5.98. The molecule has 0 bridgehead atoms. The summed E-state index contributed by atoms with van der Waals surface area (Å²) in [7, 11) is 0. The number of amides is 1. The second-order valence-corrected chi connectivity index (χ2v) is 8.61. The van der Waals surface area contributed by atoms with Crippen LogP contribution in [-0.4, -0.2) is 26.6 Å². The van der Waals surface area contributed by atoms with E-state index >= 15 is 0 Å². The Morgan fingerprint density at radius 2 is 1.96 bits per heavy atom. The van der Waals surface area contributed by atoms with Crippen LogP contribution in [0, 0.1) is 17.0 Å². The van der Waals surface area contributed by atoms with Gasteiger partial charge in [-0.25, -0.2) is 0 Å². The molecule has 3 rings (SSSR count). The number of nitro benzene ring substituents is 1. The molecule has 1 saturated heterocycles. The van der Waals surface area contributed by atoms with E-state index in [0.717, 1.165) is 15.4 Å². The summed E-state index contributed by atoms with van der Waals surface area (Å²) in [5.74, 6) is -0.162. The van der Waals surface area contributed by atoms with E-state index in [1.165, 1.54) is 40.6 Å². The van der Waals surface area contributed by atoms with Crippen molar-refractivity contribution >= 4 is 57.7 Å². The van der Waals surface area contributed by atoms with Crippen LogP contribution in [0.4, 0.5) is 5.69 Å². The van der Waals surface area contributed by atoms with Gasteiger partial charge in [-0.1, -0.05) is 53.4 Å². The SMILES string of the molecule is CCN1C(=O)C(=Cc2cc([N+](=O)[O-])ccc2Sc2ccc(C)cc2)SC1=S. The van der Waals surface area contributed by atoms with Crippen molar-refractivity contribution in [1.82, 2.24) is 4.90 Å². The highest BCUT2D eigenvalue weighted by Gasteiger charge is 2.31. The maximum Gasteiger partial charge on any atom is 0.270 e. The summed E-state index contributed by atoms with van der Waals surface area (Å²) in [4.78, 5) is 27.1. The van der Waals surface area contributed by atoms with E-state index in [-0.39, 0.29) is 11.6 Å². The standard InChI is InChI=1S/C19H16N2O3S3/c1-3-20-18(22)17(27-19(20)25)11-13-10-14(21(23)24)6-9-16(13)26-15-7-4-12(2)5-8-15/h4-11H,3H2,1-2H3. The summed E-state index contributed by atoms with van der Waals surface area (Å²) in [5.41, 5.74) is 1.78. The molecule has 8 heteroatoms. The van der Waals surface area contributed by atoms with Crippen molar-refractivity contribution in [2.75, 3.05) is 6.54 Å². The molecule has 2 aromatic carbocycles. The largest absolute Gasteiger partial charge is 0.293 e. The smallest absolute Gasteiger partial charge is 0.270 e. The van der Waals surface area contributed by atoms with Gasteiger partial charge in [-0.2, -0.15) is 0 Å².